The van der Waals surface area contributed by atoms with Gasteiger partial charge >= 0.3 is 5.69 Å². The number of hydrogen-bond donors (Lipinski definition) is 3. The summed E-state index contributed by atoms with van der Waals surface area (Å²) in [4.78, 5) is 10.8. The second-order valence-electron chi connectivity index (χ2n) is 6.20. The molecule has 32 heavy (non-hydrogen) atoms. The maximum absolute atomic E-state index is 14.2. The molecule has 9 nitrogen and oxygen atoms in total. The quantitative estimate of drug-likeness (QED) is 0.209. The molecule has 0 amide bonds. The van der Waals surface area contributed by atoms with E-state index in [9.17, 15) is 31.7 Å². The Morgan fingerprint density at radius 1 is 0.969 bits per heavy atom. The van der Waals surface area contributed by atoms with Crippen molar-refractivity contribution in [1.29, 1.82) is 0 Å². The van der Waals surface area contributed by atoms with E-state index >= 15 is 0 Å². The van der Waals surface area contributed by atoms with E-state index in [1.807, 2.05) is 22.6 Å². The molecule has 0 unspecified atom stereocenters. The molecule has 3 rings (SSSR count). The van der Waals surface area contributed by atoms with Crippen LogP contribution in [0.25, 0.3) is 0 Å². The number of nitrogens with one attached hydrogen (secondary N) is 2. The Hall–Kier alpha value is -3.11. The van der Waals surface area contributed by atoms with E-state index in [0.717, 1.165) is 24.3 Å². The van der Waals surface area contributed by atoms with Crippen molar-refractivity contribution in [2.75, 3.05) is 10.0 Å². The lowest BCUT2D eigenvalue weighted by atomic mass is 10.2. The fraction of sp³-hybridized carbons (Fsp3) is 0. The third kappa shape index (κ3) is 5.77. The van der Waals surface area contributed by atoms with Gasteiger partial charge in [0.2, 0.25) is 5.75 Å². The maximum atomic E-state index is 14.2. The van der Waals surface area contributed by atoms with Gasteiger partial charge in [-0.2, -0.15) is 8.42 Å². The van der Waals surface area contributed by atoms with Crippen LogP contribution in [0.1, 0.15) is 0 Å². The molecular formula is C18H12F3IN4O5S. The zero-order chi connectivity index (χ0) is 23.6. The zero-order valence-corrected chi connectivity index (χ0v) is 18.6. The molecular weight excluding hydrogens is 568 g/mol. The first-order chi connectivity index (χ1) is 14.9. The van der Waals surface area contributed by atoms with Gasteiger partial charge < -0.3 is 10.1 Å². The minimum absolute atomic E-state index is 0.147. The highest BCUT2D eigenvalue weighted by molar-refractivity contribution is 14.1. The Kier molecular flexibility index (Phi) is 6.75. The van der Waals surface area contributed by atoms with Crippen LogP contribution in [0.2, 0.25) is 0 Å². The third-order valence-corrected chi connectivity index (χ3v) is 5.02. The zero-order valence-electron chi connectivity index (χ0n) is 15.6. The summed E-state index contributed by atoms with van der Waals surface area (Å²) in [6.45, 7) is 0. The van der Waals surface area contributed by atoms with Gasteiger partial charge in [-0.3, -0.25) is 14.8 Å². The lowest BCUT2D eigenvalue weighted by Crippen LogP contribution is -2.22. The molecule has 0 aliphatic carbocycles. The highest BCUT2D eigenvalue weighted by Gasteiger charge is 2.25. The molecule has 0 atom stereocenters. The summed E-state index contributed by atoms with van der Waals surface area (Å²) in [6, 6.07) is 8.21. The molecule has 3 aromatic carbocycles. The Bertz CT molecular complexity index is 1320. The van der Waals surface area contributed by atoms with E-state index in [0.29, 0.717) is 9.64 Å². The summed E-state index contributed by atoms with van der Waals surface area (Å²) in [5.41, 5.74) is -1.89. The van der Waals surface area contributed by atoms with Crippen LogP contribution in [0.4, 0.5) is 35.9 Å². The molecule has 3 aromatic rings. The summed E-state index contributed by atoms with van der Waals surface area (Å²) in [6.07, 6.45) is 0. The number of anilines is 3. The van der Waals surface area contributed by atoms with Gasteiger partial charge in [-0.1, -0.05) is 0 Å². The van der Waals surface area contributed by atoms with Gasteiger partial charge in [0.1, 0.15) is 28.9 Å². The van der Waals surface area contributed by atoms with Crippen LogP contribution in [-0.2, 0) is 10.2 Å². The number of rotatable bonds is 7. The highest BCUT2D eigenvalue weighted by Crippen LogP contribution is 2.40. The summed E-state index contributed by atoms with van der Waals surface area (Å²) in [5, 5.41) is 19.0. The minimum atomic E-state index is -4.33. The third-order valence-electron chi connectivity index (χ3n) is 3.84. The number of nitro groups is 1. The molecule has 4 N–H and O–H groups in total. The van der Waals surface area contributed by atoms with Gasteiger partial charge in [-0.15, -0.1) is 0 Å². The van der Waals surface area contributed by atoms with Crippen LogP contribution in [0.3, 0.4) is 0 Å². The predicted molar refractivity (Wildman–Crippen MR) is 119 cm³/mol. The van der Waals surface area contributed by atoms with Crippen molar-refractivity contribution in [3.63, 3.8) is 0 Å². The second-order valence-corrected chi connectivity index (χ2v) is 8.74. The molecule has 0 saturated heterocycles. The monoisotopic (exact) mass is 580 g/mol. The van der Waals surface area contributed by atoms with Crippen LogP contribution in [0.15, 0.2) is 48.5 Å². The average molecular weight is 580 g/mol. The van der Waals surface area contributed by atoms with E-state index < -0.39 is 55.4 Å². The number of nitrogens with two attached hydrogens (primary N) is 1. The number of benzene rings is 3. The molecule has 0 spiro atoms. The van der Waals surface area contributed by atoms with Gasteiger partial charge in [-0.05, 0) is 52.9 Å². The topological polar surface area (TPSA) is 137 Å². The maximum Gasteiger partial charge on any atom is 0.334 e. The lowest BCUT2D eigenvalue weighted by molar-refractivity contribution is -0.384. The smallest absolute Gasteiger partial charge is 0.334 e. The van der Waals surface area contributed by atoms with E-state index in [-0.39, 0.29) is 11.4 Å². The Morgan fingerprint density at radius 2 is 1.69 bits per heavy atom. The molecule has 0 bridgehead atoms. The first-order valence-electron chi connectivity index (χ1n) is 8.41. The Morgan fingerprint density at radius 3 is 2.31 bits per heavy atom. The summed E-state index contributed by atoms with van der Waals surface area (Å²) < 4.78 is 72.1. The fourth-order valence-corrected chi connectivity index (χ4v) is 3.51. The minimum Gasteiger partial charge on any atom is -0.450 e. The van der Waals surface area contributed by atoms with Gasteiger partial charge in [0, 0.05) is 21.8 Å². The first-order valence-corrected chi connectivity index (χ1v) is 11.0. The van der Waals surface area contributed by atoms with Crippen molar-refractivity contribution in [1.82, 2.24) is 0 Å². The molecule has 168 valence electrons. The number of nitrogens with zero attached hydrogens (tertiary/aromatic N) is 1. The Labute approximate surface area is 192 Å². The van der Waals surface area contributed by atoms with Crippen molar-refractivity contribution in [3.8, 4) is 11.5 Å². The van der Waals surface area contributed by atoms with E-state index in [1.54, 1.807) is 4.72 Å². The second kappa shape index (κ2) is 9.17. The van der Waals surface area contributed by atoms with E-state index in [2.05, 4.69) is 5.32 Å². The molecule has 0 aliphatic heterocycles. The summed E-state index contributed by atoms with van der Waals surface area (Å²) in [5.74, 6) is -3.55. The van der Waals surface area contributed by atoms with Crippen LogP contribution in [0.5, 0.6) is 11.5 Å². The molecule has 0 aromatic heterocycles. The van der Waals surface area contributed by atoms with Crippen LogP contribution >= 0.6 is 22.6 Å². The number of halogens is 4. The Balaban J connectivity index is 2.04. The normalized spacial score (nSPS) is 11.2. The van der Waals surface area contributed by atoms with Crippen molar-refractivity contribution in [3.05, 3.63) is 79.7 Å². The van der Waals surface area contributed by atoms with Crippen LogP contribution in [-0.4, -0.2) is 13.3 Å². The van der Waals surface area contributed by atoms with Gasteiger partial charge in [0.15, 0.2) is 0 Å². The molecule has 14 heteroatoms. The molecule has 0 fully saturated rings. The molecule has 0 heterocycles. The van der Waals surface area contributed by atoms with E-state index in [1.165, 1.54) is 18.2 Å². The van der Waals surface area contributed by atoms with Crippen molar-refractivity contribution in [2.45, 2.75) is 0 Å². The van der Waals surface area contributed by atoms with Crippen molar-refractivity contribution in [2.24, 2.45) is 5.14 Å². The molecule has 0 aliphatic rings. The average Bonchev–Trinajstić information content (AvgIpc) is 2.65. The van der Waals surface area contributed by atoms with Crippen molar-refractivity contribution >= 4 is 55.5 Å². The van der Waals surface area contributed by atoms with E-state index in [4.69, 9.17) is 9.88 Å². The largest absolute Gasteiger partial charge is 0.450 e. The number of ether oxygens (including phenoxy) is 1. The fourth-order valence-electron chi connectivity index (χ4n) is 2.60. The summed E-state index contributed by atoms with van der Waals surface area (Å²) >= 11 is 1.87. The standard InChI is InChI=1S/C18H12F3IN4O5S/c19-9-5-16(24-14-4-1-10(22)7-13(14)21)18(26(27)28)17(6-9)31-11-2-3-12(20)15(8-11)25-32(23,29)30/h1-8,24-25H,(H2,23,29,30). The molecule has 0 saturated carbocycles. The van der Waals surface area contributed by atoms with Gasteiger partial charge in [0.05, 0.1) is 16.3 Å². The number of hydrogen-bond acceptors (Lipinski definition) is 6. The van der Waals surface area contributed by atoms with Gasteiger partial charge in [0.25, 0.3) is 10.2 Å². The van der Waals surface area contributed by atoms with Crippen molar-refractivity contribution < 1.29 is 31.2 Å². The van der Waals surface area contributed by atoms with Gasteiger partial charge in [-0.25, -0.2) is 18.3 Å². The predicted octanol–water partition coefficient (Wildman–Crippen LogP) is 4.77. The molecule has 0 radical (unpaired) electrons. The summed E-state index contributed by atoms with van der Waals surface area (Å²) in [7, 11) is -4.33. The van der Waals surface area contributed by atoms with Crippen LogP contribution < -0.4 is 19.9 Å². The highest BCUT2D eigenvalue weighted by atomic mass is 127. The first kappa shape index (κ1) is 23.6. The number of nitro benzene ring substituents is 1. The lowest BCUT2D eigenvalue weighted by Gasteiger charge is -2.13. The SMILES string of the molecule is NS(=O)(=O)Nc1cc(Oc2cc(F)cc(Nc3ccc(I)cc3F)c2[N+](=O)[O-])ccc1F. The van der Waals surface area contributed by atoms with Crippen LogP contribution in [0, 0.1) is 31.1 Å².